The van der Waals surface area contributed by atoms with Crippen molar-refractivity contribution in [1.29, 1.82) is 0 Å². The molecule has 2 aromatic heterocycles. The first kappa shape index (κ1) is 30.6. The fourth-order valence-electron chi connectivity index (χ4n) is 5.80. The highest BCUT2D eigenvalue weighted by Gasteiger charge is 2.33. The molecule has 0 unspecified atom stereocenters. The number of fused-ring (bicyclic) bond motifs is 1. The summed E-state index contributed by atoms with van der Waals surface area (Å²) < 4.78 is 0.703. The molecule has 1 N–H and O–H groups in total. The van der Waals surface area contributed by atoms with E-state index in [1.165, 1.54) is 11.3 Å². The van der Waals surface area contributed by atoms with Gasteiger partial charge in [-0.2, -0.15) is 0 Å². The second-order valence-electron chi connectivity index (χ2n) is 11.2. The van der Waals surface area contributed by atoms with Gasteiger partial charge in [0.25, 0.3) is 11.8 Å². The Kier molecular flexibility index (Phi) is 9.24. The molecule has 6 rings (SSSR count). The maximum atomic E-state index is 14.4. The largest absolute Gasteiger partial charge is 0.349 e. The number of carbonyl (C=O) groups is 2. The van der Waals surface area contributed by atoms with Gasteiger partial charge in [-0.05, 0) is 85.7 Å². The molecule has 1 aliphatic rings. The topological polar surface area (TPSA) is 62.3 Å². The summed E-state index contributed by atoms with van der Waals surface area (Å²) in [6, 6.07) is 23.3. The minimum absolute atomic E-state index is 0.0278. The Balaban J connectivity index is 1.26. The number of pyridine rings is 1. The zero-order chi connectivity index (χ0) is 30.8. The molecule has 44 heavy (non-hydrogen) atoms. The van der Waals surface area contributed by atoms with E-state index in [0.29, 0.717) is 36.8 Å². The first-order valence-corrected chi connectivity index (χ1v) is 16.5. The van der Waals surface area contributed by atoms with Crippen molar-refractivity contribution < 1.29 is 9.59 Å². The summed E-state index contributed by atoms with van der Waals surface area (Å²) in [5, 5.41) is 5.13. The standard InChI is InChI=1S/C35H30Cl3N3O2S/c1-21-5-7-24(8-6-21)34(42)40-26-9-11-27(12-10-26)41(20-22-3-2-4-25(19-22)23-15-17-39-18-16-23)35(43)33-30(37)28-13-14-29(36)31(38)32(28)44-33/h2-8,13-19,26-27H,9-12,20H2,1H3,(H,40,42). The van der Waals surface area contributed by atoms with Crippen LogP contribution >= 0.6 is 46.1 Å². The van der Waals surface area contributed by atoms with E-state index in [-0.39, 0.29) is 23.9 Å². The lowest BCUT2D eigenvalue weighted by Gasteiger charge is -2.37. The number of thiophene rings is 1. The van der Waals surface area contributed by atoms with Gasteiger partial charge in [-0.3, -0.25) is 14.6 Å². The average molecular weight is 663 g/mol. The van der Waals surface area contributed by atoms with Crippen LogP contribution in [0.15, 0.2) is 85.2 Å². The van der Waals surface area contributed by atoms with Crippen molar-refractivity contribution in [3.63, 3.8) is 0 Å². The molecule has 1 aliphatic carbocycles. The molecule has 0 saturated heterocycles. The quantitative estimate of drug-likeness (QED) is 0.189. The van der Waals surface area contributed by atoms with Gasteiger partial charge >= 0.3 is 0 Å². The number of aromatic nitrogens is 1. The van der Waals surface area contributed by atoms with Gasteiger partial charge in [-0.15, -0.1) is 11.3 Å². The predicted octanol–water partition coefficient (Wildman–Crippen LogP) is 9.62. The number of amides is 2. The maximum absolute atomic E-state index is 14.4. The molecule has 1 saturated carbocycles. The zero-order valence-electron chi connectivity index (χ0n) is 24.0. The number of aryl methyl sites for hydroxylation is 1. The number of nitrogens with one attached hydrogen (secondary N) is 1. The average Bonchev–Trinajstić information content (AvgIpc) is 3.39. The minimum Gasteiger partial charge on any atom is -0.349 e. The van der Waals surface area contributed by atoms with Crippen LogP contribution in [0.3, 0.4) is 0 Å². The van der Waals surface area contributed by atoms with Gasteiger partial charge < -0.3 is 10.2 Å². The Morgan fingerprint density at radius 2 is 1.61 bits per heavy atom. The van der Waals surface area contributed by atoms with Gasteiger partial charge in [-0.1, -0.05) is 76.8 Å². The van der Waals surface area contributed by atoms with Crippen molar-refractivity contribution in [3.05, 3.63) is 122 Å². The molecule has 0 spiro atoms. The van der Waals surface area contributed by atoms with Crippen LogP contribution in [0.5, 0.6) is 0 Å². The Morgan fingerprint density at radius 1 is 0.886 bits per heavy atom. The van der Waals surface area contributed by atoms with E-state index in [2.05, 4.69) is 22.4 Å². The van der Waals surface area contributed by atoms with Crippen molar-refractivity contribution in [3.8, 4) is 11.1 Å². The van der Waals surface area contributed by atoms with Crippen LogP contribution in [-0.2, 0) is 6.54 Å². The number of halogens is 3. The van der Waals surface area contributed by atoms with Crippen LogP contribution in [0.4, 0.5) is 0 Å². The van der Waals surface area contributed by atoms with E-state index in [0.717, 1.165) is 53.3 Å². The Bertz CT molecular complexity index is 1820. The lowest BCUT2D eigenvalue weighted by atomic mass is 9.89. The van der Waals surface area contributed by atoms with E-state index in [4.69, 9.17) is 34.8 Å². The lowest BCUT2D eigenvalue weighted by molar-refractivity contribution is 0.0597. The van der Waals surface area contributed by atoms with Gasteiger partial charge in [0.2, 0.25) is 0 Å². The van der Waals surface area contributed by atoms with Crippen LogP contribution < -0.4 is 5.32 Å². The van der Waals surface area contributed by atoms with Crippen molar-refractivity contribution in [2.45, 2.75) is 51.2 Å². The highest BCUT2D eigenvalue weighted by molar-refractivity contribution is 7.22. The molecule has 0 aliphatic heterocycles. The zero-order valence-corrected chi connectivity index (χ0v) is 27.1. The number of hydrogen-bond donors (Lipinski definition) is 1. The normalized spacial score (nSPS) is 16.5. The maximum Gasteiger partial charge on any atom is 0.266 e. The molecule has 1 fully saturated rings. The molecular weight excluding hydrogens is 633 g/mol. The Labute approximate surface area is 275 Å². The number of nitrogens with zero attached hydrogens (tertiary/aromatic N) is 2. The first-order chi connectivity index (χ1) is 21.3. The Morgan fingerprint density at radius 3 is 2.34 bits per heavy atom. The van der Waals surface area contributed by atoms with Gasteiger partial charge in [-0.25, -0.2) is 0 Å². The van der Waals surface area contributed by atoms with E-state index in [9.17, 15) is 9.59 Å². The monoisotopic (exact) mass is 661 g/mol. The number of carbonyl (C=O) groups excluding carboxylic acids is 2. The lowest BCUT2D eigenvalue weighted by Crippen LogP contribution is -2.45. The molecule has 0 radical (unpaired) electrons. The summed E-state index contributed by atoms with van der Waals surface area (Å²) in [4.78, 5) is 33.8. The SMILES string of the molecule is Cc1ccc(C(=O)NC2CCC(N(Cc3cccc(-c4ccncc4)c3)C(=O)c3sc4c(Cl)c(Cl)ccc4c3Cl)CC2)cc1. The summed E-state index contributed by atoms with van der Waals surface area (Å²) in [5.74, 6) is -0.202. The van der Waals surface area contributed by atoms with Crippen molar-refractivity contribution in [1.82, 2.24) is 15.2 Å². The van der Waals surface area contributed by atoms with E-state index >= 15 is 0 Å². The number of hydrogen-bond acceptors (Lipinski definition) is 4. The van der Waals surface area contributed by atoms with Crippen LogP contribution in [-0.4, -0.2) is 33.8 Å². The van der Waals surface area contributed by atoms with Crippen molar-refractivity contribution in [2.75, 3.05) is 0 Å². The van der Waals surface area contributed by atoms with Crippen molar-refractivity contribution >= 4 is 68.0 Å². The predicted molar refractivity (Wildman–Crippen MR) is 181 cm³/mol. The smallest absolute Gasteiger partial charge is 0.266 e. The molecular formula is C35H30Cl3N3O2S. The van der Waals surface area contributed by atoms with Crippen LogP contribution in [0.1, 0.15) is 56.8 Å². The highest BCUT2D eigenvalue weighted by atomic mass is 35.5. The highest BCUT2D eigenvalue weighted by Crippen LogP contribution is 2.43. The molecule has 2 amide bonds. The molecule has 0 bridgehead atoms. The van der Waals surface area contributed by atoms with Gasteiger partial charge in [0.05, 0.1) is 19.8 Å². The molecule has 2 heterocycles. The van der Waals surface area contributed by atoms with Gasteiger partial charge in [0.1, 0.15) is 4.88 Å². The summed E-state index contributed by atoms with van der Waals surface area (Å²) in [6.45, 7) is 2.42. The van der Waals surface area contributed by atoms with E-state index in [1.54, 1.807) is 18.5 Å². The summed E-state index contributed by atoms with van der Waals surface area (Å²) in [7, 11) is 0. The fraction of sp³-hybridized carbons (Fsp3) is 0.229. The molecule has 0 atom stereocenters. The molecule has 224 valence electrons. The molecule has 5 nitrogen and oxygen atoms in total. The summed E-state index contributed by atoms with van der Waals surface area (Å²) >= 11 is 20.9. The number of rotatable bonds is 7. The third-order valence-corrected chi connectivity index (χ3v) is 10.9. The Hall–Kier alpha value is -3.42. The van der Waals surface area contributed by atoms with E-state index in [1.807, 2.05) is 66.4 Å². The van der Waals surface area contributed by atoms with Crippen LogP contribution in [0.25, 0.3) is 21.2 Å². The fourth-order valence-corrected chi connectivity index (χ4v) is 7.80. The van der Waals surface area contributed by atoms with Crippen molar-refractivity contribution in [2.24, 2.45) is 0 Å². The summed E-state index contributed by atoms with van der Waals surface area (Å²) in [5.41, 5.74) is 4.90. The van der Waals surface area contributed by atoms with Gasteiger partial charge in [0, 0.05) is 42.0 Å². The molecule has 9 heteroatoms. The van der Waals surface area contributed by atoms with E-state index < -0.39 is 0 Å². The van der Waals surface area contributed by atoms with Crippen LogP contribution in [0.2, 0.25) is 15.1 Å². The second-order valence-corrected chi connectivity index (χ2v) is 13.4. The first-order valence-electron chi connectivity index (χ1n) is 14.5. The van der Waals surface area contributed by atoms with Crippen LogP contribution in [0, 0.1) is 6.92 Å². The third kappa shape index (κ3) is 6.50. The number of benzene rings is 3. The van der Waals surface area contributed by atoms with Gasteiger partial charge in [0.15, 0.2) is 0 Å². The molecule has 5 aromatic rings. The third-order valence-electron chi connectivity index (χ3n) is 8.23. The summed E-state index contributed by atoms with van der Waals surface area (Å²) in [6.07, 6.45) is 6.59. The molecule has 3 aromatic carbocycles. The second kappa shape index (κ2) is 13.3. The minimum atomic E-state index is -0.134.